The molecule has 1 aromatic carbocycles. The second-order valence-electron chi connectivity index (χ2n) is 5.58. The maximum Gasteiger partial charge on any atom is 0.0425 e. The summed E-state index contributed by atoms with van der Waals surface area (Å²) in [6, 6.07) is 6.90. The maximum atomic E-state index is 6.06. The van der Waals surface area contributed by atoms with E-state index in [0.717, 1.165) is 4.47 Å². The molecule has 0 saturated heterocycles. The minimum atomic E-state index is 0.0572. The molecule has 0 bridgehead atoms. The van der Waals surface area contributed by atoms with Gasteiger partial charge in [0.05, 0.1) is 0 Å². The van der Waals surface area contributed by atoms with E-state index in [-0.39, 0.29) is 6.04 Å². The van der Waals surface area contributed by atoms with Gasteiger partial charge in [-0.1, -0.05) is 35.8 Å². The molecule has 2 unspecified atom stereocenters. The van der Waals surface area contributed by atoms with Gasteiger partial charge in [0.25, 0.3) is 0 Å². The van der Waals surface area contributed by atoms with Crippen LogP contribution in [0.15, 0.2) is 22.7 Å². The molecule has 0 amide bonds. The summed E-state index contributed by atoms with van der Waals surface area (Å²) in [5.41, 5.74) is 8.50. The van der Waals surface area contributed by atoms with Crippen molar-refractivity contribution in [2.24, 2.45) is 11.7 Å². The van der Waals surface area contributed by atoms with Crippen molar-refractivity contribution >= 4 is 21.6 Å². The predicted molar refractivity (Wildman–Crippen MR) is 84.1 cm³/mol. The van der Waals surface area contributed by atoms with Crippen LogP contribution in [0.3, 0.4) is 0 Å². The standard InChI is InChI=1S/C15H25BrN2/c1-10(2)8-11(3)18(5)15-9-13(16)6-7-14(15)12(4)17/h6-7,9-12H,8,17H2,1-5H3. The Kier molecular flexibility index (Phi) is 5.67. The molecule has 0 heterocycles. The van der Waals surface area contributed by atoms with Gasteiger partial charge in [-0.2, -0.15) is 0 Å². The molecule has 0 aliphatic heterocycles. The van der Waals surface area contributed by atoms with Crippen molar-refractivity contribution in [3.8, 4) is 0 Å². The predicted octanol–water partition coefficient (Wildman–Crippen LogP) is 4.34. The number of rotatable bonds is 5. The summed E-state index contributed by atoms with van der Waals surface area (Å²) in [5, 5.41) is 0. The second-order valence-corrected chi connectivity index (χ2v) is 6.50. The summed E-state index contributed by atoms with van der Waals surface area (Å²) in [6.07, 6.45) is 1.18. The summed E-state index contributed by atoms with van der Waals surface area (Å²) >= 11 is 3.55. The van der Waals surface area contributed by atoms with Gasteiger partial charge >= 0.3 is 0 Å². The van der Waals surface area contributed by atoms with E-state index >= 15 is 0 Å². The number of nitrogens with zero attached hydrogens (tertiary/aromatic N) is 1. The zero-order valence-electron chi connectivity index (χ0n) is 12.1. The van der Waals surface area contributed by atoms with Crippen molar-refractivity contribution in [2.45, 2.75) is 46.2 Å². The van der Waals surface area contributed by atoms with Crippen LogP contribution in [0.25, 0.3) is 0 Å². The average Bonchev–Trinajstić information content (AvgIpc) is 2.26. The summed E-state index contributed by atoms with van der Waals surface area (Å²) in [7, 11) is 2.15. The molecule has 1 aromatic rings. The van der Waals surface area contributed by atoms with Gasteiger partial charge in [0.2, 0.25) is 0 Å². The Bertz CT molecular complexity index is 388. The highest BCUT2D eigenvalue weighted by Gasteiger charge is 2.16. The SMILES string of the molecule is CC(C)CC(C)N(C)c1cc(Br)ccc1C(C)N. The monoisotopic (exact) mass is 312 g/mol. The fourth-order valence-electron chi connectivity index (χ4n) is 2.29. The quantitative estimate of drug-likeness (QED) is 0.876. The molecule has 0 aliphatic rings. The van der Waals surface area contributed by atoms with Crippen LogP contribution in [0.2, 0.25) is 0 Å². The van der Waals surface area contributed by atoms with Crippen LogP contribution >= 0.6 is 15.9 Å². The lowest BCUT2D eigenvalue weighted by molar-refractivity contribution is 0.503. The molecule has 0 aliphatic carbocycles. The molecule has 2 atom stereocenters. The molecule has 0 radical (unpaired) electrons. The maximum absolute atomic E-state index is 6.06. The summed E-state index contributed by atoms with van der Waals surface area (Å²) < 4.78 is 1.10. The smallest absolute Gasteiger partial charge is 0.0425 e. The van der Waals surface area contributed by atoms with Crippen molar-refractivity contribution in [3.05, 3.63) is 28.2 Å². The number of halogens is 1. The van der Waals surface area contributed by atoms with Crippen LogP contribution in [0.1, 0.15) is 45.7 Å². The Morgan fingerprint density at radius 3 is 2.33 bits per heavy atom. The van der Waals surface area contributed by atoms with E-state index in [2.05, 4.69) is 66.8 Å². The summed E-state index contributed by atoms with van der Waals surface area (Å²) in [6.45, 7) is 8.83. The first-order valence-electron chi connectivity index (χ1n) is 6.60. The Morgan fingerprint density at radius 1 is 1.22 bits per heavy atom. The van der Waals surface area contributed by atoms with E-state index in [1.54, 1.807) is 0 Å². The molecule has 2 N–H and O–H groups in total. The fourth-order valence-corrected chi connectivity index (χ4v) is 2.63. The van der Waals surface area contributed by atoms with E-state index < -0.39 is 0 Å². The Hall–Kier alpha value is -0.540. The second kappa shape index (κ2) is 6.58. The number of hydrogen-bond donors (Lipinski definition) is 1. The number of anilines is 1. The summed E-state index contributed by atoms with van der Waals surface area (Å²) in [4.78, 5) is 2.34. The molecular formula is C15H25BrN2. The molecule has 0 spiro atoms. The Morgan fingerprint density at radius 2 is 1.83 bits per heavy atom. The number of nitrogens with two attached hydrogens (primary N) is 1. The van der Waals surface area contributed by atoms with Crippen molar-refractivity contribution < 1.29 is 0 Å². The van der Waals surface area contributed by atoms with E-state index in [4.69, 9.17) is 5.73 Å². The zero-order chi connectivity index (χ0) is 13.9. The highest BCUT2D eigenvalue weighted by Crippen LogP contribution is 2.30. The van der Waals surface area contributed by atoms with Gasteiger partial charge in [0, 0.05) is 29.3 Å². The van der Waals surface area contributed by atoms with Gasteiger partial charge in [-0.3, -0.25) is 0 Å². The van der Waals surface area contributed by atoms with Gasteiger partial charge < -0.3 is 10.6 Å². The largest absolute Gasteiger partial charge is 0.372 e. The highest BCUT2D eigenvalue weighted by molar-refractivity contribution is 9.10. The average molecular weight is 313 g/mol. The van der Waals surface area contributed by atoms with Crippen molar-refractivity contribution in [2.75, 3.05) is 11.9 Å². The number of benzene rings is 1. The first kappa shape index (κ1) is 15.5. The van der Waals surface area contributed by atoms with Gasteiger partial charge in [0.1, 0.15) is 0 Å². The Labute approximate surface area is 120 Å². The van der Waals surface area contributed by atoms with E-state index in [1.165, 1.54) is 17.7 Å². The third-order valence-corrected chi connectivity index (χ3v) is 3.83. The molecule has 102 valence electrons. The first-order chi connectivity index (χ1) is 8.32. The lowest BCUT2D eigenvalue weighted by Gasteiger charge is -2.31. The Balaban J connectivity index is 3.03. The van der Waals surface area contributed by atoms with Gasteiger partial charge in [-0.05, 0) is 43.9 Å². The van der Waals surface area contributed by atoms with Gasteiger partial charge in [0.15, 0.2) is 0 Å². The van der Waals surface area contributed by atoms with Gasteiger partial charge in [-0.15, -0.1) is 0 Å². The molecule has 0 saturated carbocycles. The molecule has 3 heteroatoms. The van der Waals surface area contributed by atoms with E-state index in [0.29, 0.717) is 12.0 Å². The van der Waals surface area contributed by atoms with Crippen LogP contribution in [0.5, 0.6) is 0 Å². The molecular weight excluding hydrogens is 288 g/mol. The fraction of sp³-hybridized carbons (Fsp3) is 0.600. The van der Waals surface area contributed by atoms with Crippen LogP contribution in [0, 0.1) is 5.92 Å². The molecule has 18 heavy (non-hydrogen) atoms. The normalized spacial score (nSPS) is 14.7. The minimum Gasteiger partial charge on any atom is -0.372 e. The van der Waals surface area contributed by atoms with Gasteiger partial charge in [-0.25, -0.2) is 0 Å². The lowest BCUT2D eigenvalue weighted by atomic mass is 10.0. The van der Waals surface area contributed by atoms with Crippen molar-refractivity contribution in [1.29, 1.82) is 0 Å². The van der Waals surface area contributed by atoms with Crippen molar-refractivity contribution in [1.82, 2.24) is 0 Å². The third-order valence-electron chi connectivity index (χ3n) is 3.34. The van der Waals surface area contributed by atoms with Crippen LogP contribution in [-0.4, -0.2) is 13.1 Å². The highest BCUT2D eigenvalue weighted by atomic mass is 79.9. The molecule has 0 aromatic heterocycles. The van der Waals surface area contributed by atoms with E-state index in [9.17, 15) is 0 Å². The van der Waals surface area contributed by atoms with Crippen molar-refractivity contribution in [3.63, 3.8) is 0 Å². The zero-order valence-corrected chi connectivity index (χ0v) is 13.7. The topological polar surface area (TPSA) is 29.3 Å². The first-order valence-corrected chi connectivity index (χ1v) is 7.40. The van der Waals surface area contributed by atoms with Crippen LogP contribution < -0.4 is 10.6 Å². The van der Waals surface area contributed by atoms with Crippen LogP contribution in [-0.2, 0) is 0 Å². The van der Waals surface area contributed by atoms with E-state index in [1.807, 2.05) is 6.92 Å². The molecule has 1 rings (SSSR count). The molecule has 0 fully saturated rings. The number of hydrogen-bond acceptors (Lipinski definition) is 2. The minimum absolute atomic E-state index is 0.0572. The third kappa shape index (κ3) is 3.99. The summed E-state index contributed by atoms with van der Waals surface area (Å²) in [5.74, 6) is 0.702. The molecule has 2 nitrogen and oxygen atoms in total. The van der Waals surface area contributed by atoms with Crippen LogP contribution in [0.4, 0.5) is 5.69 Å². The lowest BCUT2D eigenvalue weighted by Crippen LogP contribution is -2.31.